The summed E-state index contributed by atoms with van der Waals surface area (Å²) >= 11 is 12.5. The van der Waals surface area contributed by atoms with Gasteiger partial charge in [-0.2, -0.15) is 19.9 Å². The summed E-state index contributed by atoms with van der Waals surface area (Å²) in [5.41, 5.74) is 14.0. The number of aromatic nitrogens is 6. The van der Waals surface area contributed by atoms with Gasteiger partial charge in [0.25, 0.3) is 0 Å². The molecule has 272 valence electrons. The van der Waals surface area contributed by atoms with Crippen molar-refractivity contribution in [1.29, 1.82) is 0 Å². The van der Waals surface area contributed by atoms with Crippen molar-refractivity contribution in [2.75, 3.05) is 0 Å². The van der Waals surface area contributed by atoms with Crippen molar-refractivity contribution in [1.82, 2.24) is 29.9 Å². The fraction of sp³-hybridized carbons (Fsp3) is 0.125. The molecule has 8 heteroatoms. The Morgan fingerprint density at radius 3 is 1.04 bits per heavy atom. The maximum absolute atomic E-state index is 6.23. The highest BCUT2D eigenvalue weighted by molar-refractivity contribution is 6.28. The second kappa shape index (κ2) is 13.9. The average molecular weight is 768 g/mol. The van der Waals surface area contributed by atoms with Crippen molar-refractivity contribution in [3.63, 3.8) is 0 Å². The molecule has 0 aliphatic heterocycles. The first-order valence-electron chi connectivity index (χ1n) is 18.5. The molecule has 2 aliphatic carbocycles. The number of fused-ring (bicyclic) bond motifs is 6. The molecule has 6 nitrogen and oxygen atoms in total. The molecule has 2 aliphatic rings. The van der Waals surface area contributed by atoms with Gasteiger partial charge >= 0.3 is 0 Å². The van der Waals surface area contributed by atoms with E-state index >= 15 is 0 Å². The summed E-state index contributed by atoms with van der Waals surface area (Å²) in [6.07, 6.45) is 0. The average Bonchev–Trinajstić information content (AvgIpc) is 3.60. The first kappa shape index (κ1) is 35.6. The number of hydrogen-bond donors (Lipinski definition) is 0. The molecule has 0 N–H and O–H groups in total. The lowest BCUT2D eigenvalue weighted by molar-refractivity contribution is 0.660. The van der Waals surface area contributed by atoms with Gasteiger partial charge in [0, 0.05) is 33.1 Å². The summed E-state index contributed by atoms with van der Waals surface area (Å²) < 4.78 is 0. The van der Waals surface area contributed by atoms with Crippen LogP contribution in [0.25, 0.3) is 67.8 Å². The summed E-state index contributed by atoms with van der Waals surface area (Å²) in [5.74, 6) is 2.33. The van der Waals surface area contributed by atoms with Gasteiger partial charge in [0.15, 0.2) is 23.3 Å². The van der Waals surface area contributed by atoms with Crippen LogP contribution in [0.2, 0.25) is 10.6 Å². The maximum Gasteiger partial charge on any atom is 0.226 e. The third-order valence-corrected chi connectivity index (χ3v) is 11.3. The summed E-state index contributed by atoms with van der Waals surface area (Å²) in [7, 11) is 0. The molecule has 0 bridgehead atoms. The van der Waals surface area contributed by atoms with Gasteiger partial charge in [0.05, 0.1) is 0 Å². The lowest BCUT2D eigenvalue weighted by Gasteiger charge is -2.21. The predicted octanol–water partition coefficient (Wildman–Crippen LogP) is 12.3. The summed E-state index contributed by atoms with van der Waals surface area (Å²) in [4.78, 5) is 26.8. The van der Waals surface area contributed by atoms with Crippen LogP contribution in [0.3, 0.4) is 0 Å². The van der Waals surface area contributed by atoms with Gasteiger partial charge in [-0.15, -0.1) is 0 Å². The SMILES string of the molecule is CC1(C)c2ccccc2-c2cc(-c3nc(Cl)nc(-c4ccccc4)n3)ccc21.CC1(C)c2ccccc2-c2cc(-c3nc(Cl)nc(-c4ccccc4)n3)ccc21. The number of hydrogen-bond acceptors (Lipinski definition) is 6. The summed E-state index contributed by atoms with van der Waals surface area (Å²) in [5, 5.41) is 0.398. The topological polar surface area (TPSA) is 77.3 Å². The molecule has 0 saturated carbocycles. The summed E-state index contributed by atoms with van der Waals surface area (Å²) in [6.45, 7) is 9.07. The van der Waals surface area contributed by atoms with Crippen LogP contribution in [0, 0.1) is 0 Å². The Bertz CT molecular complexity index is 2590. The highest BCUT2D eigenvalue weighted by Crippen LogP contribution is 2.50. The van der Waals surface area contributed by atoms with Gasteiger partial charge in [-0.1, -0.05) is 161 Å². The Morgan fingerprint density at radius 1 is 0.321 bits per heavy atom. The number of benzene rings is 6. The fourth-order valence-corrected chi connectivity index (χ4v) is 8.43. The van der Waals surface area contributed by atoms with Gasteiger partial charge in [0.1, 0.15) is 0 Å². The molecule has 8 aromatic rings. The van der Waals surface area contributed by atoms with Crippen molar-refractivity contribution < 1.29 is 0 Å². The Labute approximate surface area is 336 Å². The van der Waals surface area contributed by atoms with Crippen LogP contribution < -0.4 is 0 Å². The molecule has 2 aromatic heterocycles. The van der Waals surface area contributed by atoms with Crippen molar-refractivity contribution in [2.24, 2.45) is 0 Å². The van der Waals surface area contributed by atoms with E-state index in [-0.39, 0.29) is 21.4 Å². The highest BCUT2D eigenvalue weighted by atomic mass is 35.5. The fourth-order valence-electron chi connectivity index (χ4n) is 8.11. The minimum Gasteiger partial charge on any atom is -0.208 e. The molecular formula is C48H36Cl2N6. The molecule has 0 spiro atoms. The molecule has 0 unspecified atom stereocenters. The Kier molecular flexibility index (Phi) is 8.84. The van der Waals surface area contributed by atoms with Gasteiger partial charge in [-0.25, -0.2) is 9.97 Å². The Balaban J connectivity index is 0.000000146. The molecule has 0 amide bonds. The third-order valence-electron chi connectivity index (χ3n) is 11.0. The van der Waals surface area contributed by atoms with Crippen LogP contribution in [-0.4, -0.2) is 29.9 Å². The van der Waals surface area contributed by atoms with E-state index in [4.69, 9.17) is 23.2 Å². The number of nitrogens with zero attached hydrogens (tertiary/aromatic N) is 6. The minimum atomic E-state index is -0.0175. The van der Waals surface area contributed by atoms with Crippen molar-refractivity contribution in [3.05, 3.63) is 178 Å². The zero-order valence-corrected chi connectivity index (χ0v) is 32.8. The monoisotopic (exact) mass is 766 g/mol. The second-order valence-electron chi connectivity index (χ2n) is 15.1. The van der Waals surface area contributed by atoms with Crippen LogP contribution in [-0.2, 0) is 10.8 Å². The van der Waals surface area contributed by atoms with E-state index in [9.17, 15) is 0 Å². The summed E-state index contributed by atoms with van der Waals surface area (Å²) in [6, 6.07) is 49.7. The van der Waals surface area contributed by atoms with E-state index in [1.54, 1.807) is 0 Å². The molecule has 6 aromatic carbocycles. The van der Waals surface area contributed by atoms with Crippen molar-refractivity contribution in [3.8, 4) is 67.8 Å². The van der Waals surface area contributed by atoms with E-state index in [0.29, 0.717) is 23.3 Å². The van der Waals surface area contributed by atoms with Crippen LogP contribution in [0.4, 0.5) is 0 Å². The third kappa shape index (κ3) is 6.25. The standard InChI is InChI=1S/2C24H18ClN3/c2*1-24(2)19-11-7-6-10-17(19)18-14-16(12-13-20(18)24)22-26-21(27-23(25)28-22)15-8-4-3-5-9-15/h2*3-14H,1-2H3. The first-order chi connectivity index (χ1) is 27.1. The molecule has 56 heavy (non-hydrogen) atoms. The van der Waals surface area contributed by atoms with Crippen LogP contribution in [0.1, 0.15) is 49.9 Å². The van der Waals surface area contributed by atoms with E-state index < -0.39 is 0 Å². The lowest BCUT2D eigenvalue weighted by Crippen LogP contribution is -2.14. The maximum atomic E-state index is 6.23. The minimum absolute atomic E-state index is 0.0175. The van der Waals surface area contributed by atoms with Crippen LogP contribution in [0.15, 0.2) is 146 Å². The second-order valence-corrected chi connectivity index (χ2v) is 15.8. The Morgan fingerprint density at radius 2 is 0.643 bits per heavy atom. The van der Waals surface area contributed by atoms with E-state index in [2.05, 4.69) is 143 Å². The molecule has 10 rings (SSSR count). The smallest absolute Gasteiger partial charge is 0.208 e. The first-order valence-corrected chi connectivity index (χ1v) is 19.3. The molecule has 2 heterocycles. The quantitative estimate of drug-likeness (QED) is 0.177. The molecule has 0 fully saturated rings. The predicted molar refractivity (Wildman–Crippen MR) is 227 cm³/mol. The molecule has 0 radical (unpaired) electrons. The largest absolute Gasteiger partial charge is 0.226 e. The van der Waals surface area contributed by atoms with Crippen molar-refractivity contribution in [2.45, 2.75) is 38.5 Å². The van der Waals surface area contributed by atoms with Gasteiger partial charge in [-0.3, -0.25) is 0 Å². The normalized spacial score (nSPS) is 13.8. The number of rotatable bonds is 4. The molecular weight excluding hydrogens is 731 g/mol. The van der Waals surface area contributed by atoms with E-state index in [0.717, 1.165) is 22.3 Å². The zero-order valence-electron chi connectivity index (χ0n) is 31.3. The van der Waals surface area contributed by atoms with Gasteiger partial charge < -0.3 is 0 Å². The van der Waals surface area contributed by atoms with E-state index in [1.807, 2.05) is 60.7 Å². The van der Waals surface area contributed by atoms with Gasteiger partial charge in [-0.05, 0) is 79.8 Å². The number of halogens is 2. The molecule has 0 saturated heterocycles. The van der Waals surface area contributed by atoms with Crippen molar-refractivity contribution >= 4 is 23.2 Å². The molecule has 0 atom stereocenters. The van der Waals surface area contributed by atoms with Crippen LogP contribution in [0.5, 0.6) is 0 Å². The zero-order chi connectivity index (χ0) is 38.6. The lowest BCUT2D eigenvalue weighted by atomic mass is 9.82. The van der Waals surface area contributed by atoms with Crippen LogP contribution >= 0.6 is 23.2 Å². The van der Waals surface area contributed by atoms with E-state index in [1.165, 1.54) is 44.5 Å². The highest BCUT2D eigenvalue weighted by Gasteiger charge is 2.36. The Hall–Kier alpha value is -6.08. The van der Waals surface area contributed by atoms with Gasteiger partial charge in [0.2, 0.25) is 10.6 Å².